The van der Waals surface area contributed by atoms with Crippen molar-refractivity contribution in [1.29, 1.82) is 0 Å². The van der Waals surface area contributed by atoms with Crippen molar-refractivity contribution in [3.8, 4) is 5.75 Å². The number of nitrogens with zero attached hydrogens (tertiary/aromatic N) is 1. The van der Waals surface area contributed by atoms with Crippen molar-refractivity contribution >= 4 is 5.69 Å². The molecule has 0 aliphatic heterocycles. The minimum atomic E-state index is 0.0178. The minimum absolute atomic E-state index is 0.0178. The smallest absolute Gasteiger partial charge is 0.250 e. The molecule has 0 bridgehead atoms. The maximum Gasteiger partial charge on any atom is 0.250 e. The van der Waals surface area contributed by atoms with E-state index in [0.717, 1.165) is 17.7 Å². The fourth-order valence-electron chi connectivity index (χ4n) is 2.18. The number of anilines is 1. The number of pyridine rings is 1. The lowest BCUT2D eigenvalue weighted by Crippen LogP contribution is -2.22. The van der Waals surface area contributed by atoms with Crippen LogP contribution in [0, 0.1) is 0 Å². The van der Waals surface area contributed by atoms with Gasteiger partial charge in [0.15, 0.2) is 0 Å². The van der Waals surface area contributed by atoms with E-state index >= 15 is 0 Å². The van der Waals surface area contributed by atoms with E-state index in [1.54, 1.807) is 22.8 Å². The van der Waals surface area contributed by atoms with Crippen molar-refractivity contribution in [3.05, 3.63) is 58.5 Å². The Morgan fingerprint density at radius 1 is 1.20 bits per heavy atom. The average molecular weight is 272 g/mol. The Morgan fingerprint density at radius 3 is 2.55 bits per heavy atom. The molecule has 4 heteroatoms. The Hall–Kier alpha value is -2.23. The Morgan fingerprint density at radius 2 is 1.90 bits per heavy atom. The molecule has 0 aliphatic carbocycles. The van der Waals surface area contributed by atoms with E-state index in [4.69, 9.17) is 0 Å². The molecular formula is C16H20N2O2. The van der Waals surface area contributed by atoms with Gasteiger partial charge < -0.3 is 15.0 Å². The van der Waals surface area contributed by atoms with Crippen LogP contribution in [0.1, 0.15) is 19.4 Å². The second-order valence-corrected chi connectivity index (χ2v) is 4.96. The third kappa shape index (κ3) is 3.63. The first kappa shape index (κ1) is 14.2. The first-order valence-corrected chi connectivity index (χ1v) is 6.83. The van der Waals surface area contributed by atoms with Gasteiger partial charge in [-0.05, 0) is 44.0 Å². The van der Waals surface area contributed by atoms with E-state index in [1.807, 2.05) is 31.3 Å². The molecule has 0 fully saturated rings. The molecule has 2 rings (SSSR count). The van der Waals surface area contributed by atoms with Gasteiger partial charge >= 0.3 is 0 Å². The quantitative estimate of drug-likeness (QED) is 0.879. The highest BCUT2D eigenvalue weighted by Gasteiger charge is 2.05. The van der Waals surface area contributed by atoms with Gasteiger partial charge in [0.1, 0.15) is 5.75 Å². The molecule has 0 amide bonds. The number of nitrogens with one attached hydrogen (secondary N) is 1. The summed E-state index contributed by atoms with van der Waals surface area (Å²) < 4.78 is 1.68. The van der Waals surface area contributed by atoms with Crippen LogP contribution in [0.25, 0.3) is 0 Å². The van der Waals surface area contributed by atoms with Crippen molar-refractivity contribution in [3.63, 3.8) is 0 Å². The summed E-state index contributed by atoms with van der Waals surface area (Å²) in [6, 6.07) is 10.8. The summed E-state index contributed by atoms with van der Waals surface area (Å²) in [5, 5.41) is 12.6. The molecule has 2 N–H and O–H groups in total. The zero-order valence-electron chi connectivity index (χ0n) is 11.8. The second kappa shape index (κ2) is 6.28. The summed E-state index contributed by atoms with van der Waals surface area (Å²) in [7, 11) is 0. The standard InChI is InChI=1S/C16H20N2O2/c1-3-18-11-14(6-9-16(18)20)17-12(2)10-13-4-7-15(19)8-5-13/h4-9,11-12,17,19H,3,10H2,1-2H3. The number of rotatable bonds is 5. The van der Waals surface area contributed by atoms with Crippen LogP contribution in [0.3, 0.4) is 0 Å². The molecule has 2 aromatic rings. The molecule has 0 saturated carbocycles. The summed E-state index contributed by atoms with van der Waals surface area (Å²) in [4.78, 5) is 11.5. The third-order valence-corrected chi connectivity index (χ3v) is 3.22. The van der Waals surface area contributed by atoms with Crippen molar-refractivity contribution in [2.45, 2.75) is 32.9 Å². The first-order valence-electron chi connectivity index (χ1n) is 6.83. The monoisotopic (exact) mass is 272 g/mol. The number of aryl methyl sites for hydroxylation is 1. The van der Waals surface area contributed by atoms with Crippen molar-refractivity contribution in [2.75, 3.05) is 5.32 Å². The van der Waals surface area contributed by atoms with Crippen molar-refractivity contribution in [1.82, 2.24) is 4.57 Å². The van der Waals surface area contributed by atoms with E-state index in [1.165, 1.54) is 0 Å². The van der Waals surface area contributed by atoms with Gasteiger partial charge in [0.2, 0.25) is 0 Å². The summed E-state index contributed by atoms with van der Waals surface area (Å²) in [6.45, 7) is 4.71. The maximum absolute atomic E-state index is 11.5. The number of aromatic nitrogens is 1. The molecule has 20 heavy (non-hydrogen) atoms. The summed E-state index contributed by atoms with van der Waals surface area (Å²) in [5.74, 6) is 0.282. The Kier molecular flexibility index (Phi) is 4.45. The molecule has 1 unspecified atom stereocenters. The zero-order chi connectivity index (χ0) is 14.5. The lowest BCUT2D eigenvalue weighted by molar-refractivity contribution is 0.475. The SMILES string of the molecule is CCn1cc(NC(C)Cc2ccc(O)cc2)ccc1=O. The summed E-state index contributed by atoms with van der Waals surface area (Å²) in [6.07, 6.45) is 2.70. The van der Waals surface area contributed by atoms with Crippen LogP contribution in [0.4, 0.5) is 5.69 Å². The molecule has 0 spiro atoms. The molecule has 1 aromatic carbocycles. The fourth-order valence-corrected chi connectivity index (χ4v) is 2.18. The highest BCUT2D eigenvalue weighted by Crippen LogP contribution is 2.13. The Bertz CT molecular complexity index is 617. The van der Waals surface area contributed by atoms with Crippen LogP contribution in [0.2, 0.25) is 0 Å². The topological polar surface area (TPSA) is 54.3 Å². The Labute approximate surface area is 118 Å². The molecule has 1 atom stereocenters. The lowest BCUT2D eigenvalue weighted by Gasteiger charge is -2.16. The largest absolute Gasteiger partial charge is 0.508 e. The number of phenols is 1. The van der Waals surface area contributed by atoms with Gasteiger partial charge in [-0.25, -0.2) is 0 Å². The van der Waals surface area contributed by atoms with Gasteiger partial charge in [0.25, 0.3) is 5.56 Å². The average Bonchev–Trinajstić information content (AvgIpc) is 2.43. The highest BCUT2D eigenvalue weighted by molar-refractivity contribution is 5.41. The van der Waals surface area contributed by atoms with E-state index in [9.17, 15) is 9.90 Å². The fraction of sp³-hybridized carbons (Fsp3) is 0.312. The molecular weight excluding hydrogens is 252 g/mol. The highest BCUT2D eigenvalue weighted by atomic mass is 16.3. The molecule has 0 aliphatic rings. The van der Waals surface area contributed by atoms with Crippen LogP contribution in [-0.4, -0.2) is 15.7 Å². The van der Waals surface area contributed by atoms with Gasteiger partial charge in [-0.3, -0.25) is 4.79 Å². The molecule has 4 nitrogen and oxygen atoms in total. The van der Waals surface area contributed by atoms with E-state index < -0.39 is 0 Å². The van der Waals surface area contributed by atoms with Crippen LogP contribution in [0.15, 0.2) is 47.4 Å². The van der Waals surface area contributed by atoms with Gasteiger partial charge in [-0.1, -0.05) is 12.1 Å². The van der Waals surface area contributed by atoms with E-state index in [2.05, 4.69) is 12.2 Å². The van der Waals surface area contributed by atoms with E-state index in [0.29, 0.717) is 6.54 Å². The maximum atomic E-state index is 11.5. The predicted octanol–water partition coefficient (Wildman–Crippen LogP) is 2.62. The molecule has 0 saturated heterocycles. The predicted molar refractivity (Wildman–Crippen MR) is 81.3 cm³/mol. The normalized spacial score (nSPS) is 12.1. The molecule has 106 valence electrons. The summed E-state index contributed by atoms with van der Waals surface area (Å²) >= 11 is 0. The zero-order valence-corrected chi connectivity index (χ0v) is 11.8. The number of phenolic OH excluding ortho intramolecular Hbond substituents is 1. The molecule has 0 radical (unpaired) electrons. The van der Waals surface area contributed by atoms with E-state index in [-0.39, 0.29) is 17.4 Å². The van der Waals surface area contributed by atoms with Crippen LogP contribution < -0.4 is 10.9 Å². The number of aromatic hydroxyl groups is 1. The number of hydrogen-bond donors (Lipinski definition) is 2. The van der Waals surface area contributed by atoms with Crippen molar-refractivity contribution < 1.29 is 5.11 Å². The van der Waals surface area contributed by atoms with Crippen molar-refractivity contribution in [2.24, 2.45) is 0 Å². The van der Waals surface area contributed by atoms with Gasteiger partial charge in [0, 0.05) is 24.8 Å². The molecule has 1 heterocycles. The Balaban J connectivity index is 2.02. The number of benzene rings is 1. The summed E-state index contributed by atoms with van der Waals surface area (Å²) in [5.41, 5.74) is 2.12. The lowest BCUT2D eigenvalue weighted by atomic mass is 10.1. The van der Waals surface area contributed by atoms with Crippen LogP contribution in [-0.2, 0) is 13.0 Å². The van der Waals surface area contributed by atoms with Crippen LogP contribution >= 0.6 is 0 Å². The third-order valence-electron chi connectivity index (χ3n) is 3.22. The van der Waals surface area contributed by atoms with Gasteiger partial charge in [-0.15, -0.1) is 0 Å². The molecule has 1 aromatic heterocycles. The van der Waals surface area contributed by atoms with Gasteiger partial charge in [-0.2, -0.15) is 0 Å². The van der Waals surface area contributed by atoms with Crippen LogP contribution in [0.5, 0.6) is 5.75 Å². The van der Waals surface area contributed by atoms with Gasteiger partial charge in [0.05, 0.1) is 5.69 Å². The number of hydrogen-bond acceptors (Lipinski definition) is 3. The first-order chi connectivity index (χ1) is 9.58. The minimum Gasteiger partial charge on any atom is -0.508 e. The second-order valence-electron chi connectivity index (χ2n) is 4.96.